The SMILES string of the molecule is c1ccc(-c2nc3c4c5ccccc5n(-c5ccccc5)c4c4c5ccccc5n(-c5ccc(-c6ccncc6)cn5)c4c3n2-c2ccccc2)cc1. The number of para-hydroxylation sites is 4. The number of pyridine rings is 2. The quantitative estimate of drug-likeness (QED) is 0.182. The molecule has 0 unspecified atom stereocenters. The second-order valence-corrected chi connectivity index (χ2v) is 13.3. The molecule has 0 aliphatic rings. The Labute approximate surface area is 304 Å². The molecule has 6 aromatic carbocycles. The molecule has 0 fully saturated rings. The van der Waals surface area contributed by atoms with Crippen molar-refractivity contribution in [2.24, 2.45) is 0 Å². The van der Waals surface area contributed by atoms with Gasteiger partial charge in [0.25, 0.3) is 0 Å². The van der Waals surface area contributed by atoms with Crippen molar-refractivity contribution >= 4 is 54.6 Å². The van der Waals surface area contributed by atoms with E-state index in [1.54, 1.807) is 0 Å². The minimum Gasteiger partial charge on any atom is -0.308 e. The van der Waals surface area contributed by atoms with Gasteiger partial charge in [-0.1, -0.05) is 103 Å². The van der Waals surface area contributed by atoms with E-state index >= 15 is 0 Å². The van der Waals surface area contributed by atoms with Gasteiger partial charge in [-0.25, -0.2) is 9.97 Å². The number of imidazole rings is 1. The average molecular weight is 679 g/mol. The summed E-state index contributed by atoms with van der Waals surface area (Å²) in [5.41, 5.74) is 11.7. The van der Waals surface area contributed by atoms with Crippen molar-refractivity contribution in [1.29, 1.82) is 0 Å². The molecule has 6 nitrogen and oxygen atoms in total. The molecule has 0 aliphatic carbocycles. The molecule has 0 atom stereocenters. The van der Waals surface area contributed by atoms with Gasteiger partial charge < -0.3 is 4.57 Å². The number of fused-ring (bicyclic) bond motifs is 10. The Morgan fingerprint density at radius 1 is 0.396 bits per heavy atom. The van der Waals surface area contributed by atoms with Crippen molar-refractivity contribution in [2.45, 2.75) is 0 Å². The van der Waals surface area contributed by atoms with Gasteiger partial charge in [0.1, 0.15) is 17.2 Å². The van der Waals surface area contributed by atoms with Gasteiger partial charge >= 0.3 is 0 Å². The molecule has 0 amide bonds. The summed E-state index contributed by atoms with van der Waals surface area (Å²) in [5, 5.41) is 4.59. The van der Waals surface area contributed by atoms with Crippen LogP contribution < -0.4 is 0 Å². The largest absolute Gasteiger partial charge is 0.308 e. The third-order valence-electron chi connectivity index (χ3n) is 10.4. The normalized spacial score (nSPS) is 11.8. The summed E-state index contributed by atoms with van der Waals surface area (Å²) in [6.45, 7) is 0. The molecule has 0 spiro atoms. The number of hydrogen-bond acceptors (Lipinski definition) is 3. The van der Waals surface area contributed by atoms with Gasteiger partial charge in [-0.15, -0.1) is 0 Å². The van der Waals surface area contributed by atoms with Crippen LogP contribution in [0.1, 0.15) is 0 Å². The van der Waals surface area contributed by atoms with Gasteiger partial charge in [-0.2, -0.15) is 0 Å². The molecule has 53 heavy (non-hydrogen) atoms. The van der Waals surface area contributed by atoms with Crippen LogP contribution in [0.3, 0.4) is 0 Å². The third-order valence-corrected chi connectivity index (χ3v) is 10.4. The number of rotatable bonds is 5. The summed E-state index contributed by atoms with van der Waals surface area (Å²) in [6.07, 6.45) is 5.60. The molecule has 11 aromatic rings. The fraction of sp³-hybridized carbons (Fsp3) is 0. The van der Waals surface area contributed by atoms with Crippen LogP contribution in [0, 0.1) is 0 Å². The highest BCUT2D eigenvalue weighted by molar-refractivity contribution is 6.36. The van der Waals surface area contributed by atoms with Crippen molar-refractivity contribution in [1.82, 2.24) is 28.7 Å². The number of aromatic nitrogens is 6. The first-order valence-electron chi connectivity index (χ1n) is 17.8. The van der Waals surface area contributed by atoms with Gasteiger partial charge in [-0.3, -0.25) is 14.1 Å². The summed E-state index contributed by atoms with van der Waals surface area (Å²) < 4.78 is 7.11. The minimum atomic E-state index is 0.833. The fourth-order valence-electron chi connectivity index (χ4n) is 8.16. The topological polar surface area (TPSA) is 53.5 Å². The van der Waals surface area contributed by atoms with E-state index in [1.165, 1.54) is 0 Å². The first-order valence-corrected chi connectivity index (χ1v) is 17.8. The summed E-state index contributed by atoms with van der Waals surface area (Å²) in [5.74, 6) is 1.72. The fourth-order valence-corrected chi connectivity index (χ4v) is 8.16. The molecule has 0 saturated heterocycles. The van der Waals surface area contributed by atoms with Crippen molar-refractivity contribution in [3.63, 3.8) is 0 Å². The number of nitrogens with zero attached hydrogens (tertiary/aromatic N) is 6. The molecule has 5 heterocycles. The van der Waals surface area contributed by atoms with Crippen LogP contribution in [0.5, 0.6) is 0 Å². The van der Waals surface area contributed by atoms with Crippen LogP contribution >= 0.6 is 0 Å². The highest BCUT2D eigenvalue weighted by Crippen LogP contribution is 2.48. The lowest BCUT2D eigenvalue weighted by Gasteiger charge is -2.14. The van der Waals surface area contributed by atoms with Gasteiger partial charge in [0.2, 0.25) is 0 Å². The van der Waals surface area contributed by atoms with E-state index in [1.807, 2.05) is 30.7 Å². The van der Waals surface area contributed by atoms with E-state index in [4.69, 9.17) is 9.97 Å². The lowest BCUT2D eigenvalue weighted by molar-refractivity contribution is 1.07. The Morgan fingerprint density at radius 3 is 1.64 bits per heavy atom. The Morgan fingerprint density at radius 2 is 0.981 bits per heavy atom. The van der Waals surface area contributed by atoms with E-state index in [-0.39, 0.29) is 0 Å². The van der Waals surface area contributed by atoms with E-state index in [9.17, 15) is 0 Å². The van der Waals surface area contributed by atoms with Crippen molar-refractivity contribution < 1.29 is 0 Å². The molecule has 6 heteroatoms. The highest BCUT2D eigenvalue weighted by Gasteiger charge is 2.29. The van der Waals surface area contributed by atoms with Gasteiger partial charge in [0.05, 0.1) is 27.6 Å². The molecule has 11 rings (SSSR count). The predicted molar refractivity (Wildman–Crippen MR) is 216 cm³/mol. The summed E-state index contributed by atoms with van der Waals surface area (Å²) in [4.78, 5) is 15.1. The van der Waals surface area contributed by atoms with Crippen LogP contribution in [0.4, 0.5) is 0 Å². The zero-order chi connectivity index (χ0) is 34.9. The molecule has 5 aromatic heterocycles. The smallest absolute Gasteiger partial charge is 0.145 e. The van der Waals surface area contributed by atoms with E-state index in [0.717, 1.165) is 94.4 Å². The second-order valence-electron chi connectivity index (χ2n) is 13.3. The van der Waals surface area contributed by atoms with Gasteiger partial charge in [-0.05, 0) is 66.2 Å². The average Bonchev–Trinajstić information content (AvgIpc) is 3.91. The third kappa shape index (κ3) is 4.36. The highest BCUT2D eigenvalue weighted by atomic mass is 15.1. The Balaban J connectivity index is 1.41. The molecular weight excluding hydrogens is 649 g/mol. The van der Waals surface area contributed by atoms with Gasteiger partial charge in [0, 0.05) is 62.6 Å². The van der Waals surface area contributed by atoms with Gasteiger partial charge in [0.15, 0.2) is 0 Å². The van der Waals surface area contributed by atoms with Crippen molar-refractivity contribution in [3.8, 4) is 39.7 Å². The first kappa shape index (κ1) is 29.4. The standard InChI is InChI=1S/C47H30N6/c1-4-14-32(15-5-1)47-50-43-41-36-20-10-12-22-38(36)51(34-16-6-2-7-17-34)44(41)42-37-21-11-13-23-39(37)53(45(42)46(43)52(47)35-18-8-3-9-19-35)40-25-24-33(30-49-40)31-26-28-48-29-27-31/h1-30H. The van der Waals surface area contributed by atoms with Crippen LogP contribution in [0.25, 0.3) is 94.4 Å². The molecular formula is C47H30N6. The lowest BCUT2D eigenvalue weighted by atomic mass is 10.1. The monoisotopic (exact) mass is 678 g/mol. The van der Waals surface area contributed by atoms with E-state index in [0.29, 0.717) is 0 Å². The van der Waals surface area contributed by atoms with Crippen molar-refractivity contribution in [2.75, 3.05) is 0 Å². The summed E-state index contributed by atoms with van der Waals surface area (Å²) in [6, 6.07) is 57.6. The number of hydrogen-bond donors (Lipinski definition) is 0. The zero-order valence-corrected chi connectivity index (χ0v) is 28.5. The lowest BCUT2D eigenvalue weighted by Crippen LogP contribution is -2.02. The van der Waals surface area contributed by atoms with Crippen molar-refractivity contribution in [3.05, 3.63) is 182 Å². The molecule has 0 bridgehead atoms. The molecule has 0 radical (unpaired) electrons. The molecule has 0 aliphatic heterocycles. The Hall–Kier alpha value is -7.31. The van der Waals surface area contributed by atoms with Crippen LogP contribution in [-0.4, -0.2) is 28.7 Å². The first-order chi connectivity index (χ1) is 26.3. The molecule has 0 saturated carbocycles. The maximum Gasteiger partial charge on any atom is 0.145 e. The Bertz CT molecular complexity index is 3120. The molecule has 0 N–H and O–H groups in total. The second kappa shape index (κ2) is 11.6. The van der Waals surface area contributed by atoms with E-state index in [2.05, 4.69) is 170 Å². The van der Waals surface area contributed by atoms with E-state index < -0.39 is 0 Å². The maximum atomic E-state index is 5.66. The molecule has 248 valence electrons. The Kier molecular flexibility index (Phi) is 6.45. The minimum absolute atomic E-state index is 0.833. The summed E-state index contributed by atoms with van der Waals surface area (Å²) in [7, 11) is 0. The predicted octanol–water partition coefficient (Wildman–Crippen LogP) is 11.3. The zero-order valence-electron chi connectivity index (χ0n) is 28.5. The summed E-state index contributed by atoms with van der Waals surface area (Å²) >= 11 is 0. The van der Waals surface area contributed by atoms with Crippen LogP contribution in [0.2, 0.25) is 0 Å². The number of benzene rings is 6. The maximum absolute atomic E-state index is 5.66. The van der Waals surface area contributed by atoms with Crippen LogP contribution in [0.15, 0.2) is 182 Å². The van der Waals surface area contributed by atoms with Crippen LogP contribution in [-0.2, 0) is 0 Å².